The van der Waals surface area contributed by atoms with Gasteiger partial charge in [0, 0.05) is 16.6 Å². The Bertz CT molecular complexity index is 595. The molecule has 1 fully saturated rings. The van der Waals surface area contributed by atoms with Crippen molar-refractivity contribution in [1.82, 2.24) is 0 Å². The van der Waals surface area contributed by atoms with E-state index in [2.05, 4.69) is 48.6 Å². The van der Waals surface area contributed by atoms with Crippen molar-refractivity contribution in [2.24, 2.45) is 17.6 Å². The minimum absolute atomic E-state index is 0.0391. The van der Waals surface area contributed by atoms with E-state index in [0.29, 0.717) is 5.92 Å². The van der Waals surface area contributed by atoms with Gasteiger partial charge in [-0.2, -0.15) is 0 Å². The Balaban J connectivity index is 2.55. The molecule has 1 unspecified atom stereocenters. The Labute approximate surface area is 170 Å². The zero-order valence-corrected chi connectivity index (χ0v) is 18.0. The molecule has 1 aromatic rings. The number of halogens is 1. The van der Waals surface area contributed by atoms with Gasteiger partial charge in [-0.15, -0.1) is 0 Å². The molecule has 1 amide bonds. The van der Waals surface area contributed by atoms with Gasteiger partial charge in [-0.3, -0.25) is 0 Å². The Hall–Kier alpha value is -0.860. The number of methoxy groups -OCH3 is 1. The van der Waals surface area contributed by atoms with Gasteiger partial charge in [-0.25, -0.2) is 4.79 Å². The third-order valence-corrected chi connectivity index (χ3v) is 5.99. The summed E-state index contributed by atoms with van der Waals surface area (Å²) in [5.74, 6) is 0.441. The third kappa shape index (κ3) is 5.10. The summed E-state index contributed by atoms with van der Waals surface area (Å²) in [5, 5.41) is 0. The van der Waals surface area contributed by atoms with Crippen molar-refractivity contribution < 1.29 is 19.0 Å². The number of carbonyl (C=O) groups is 1. The third-order valence-electron chi connectivity index (χ3n) is 5.04. The van der Waals surface area contributed by atoms with Crippen LogP contribution in [0.3, 0.4) is 0 Å². The fraction of sp³-hybridized carbons (Fsp3) is 0.650. The molecular weight excluding hydrogens is 445 g/mol. The fourth-order valence-corrected chi connectivity index (χ4v) is 5.04. The number of amides is 1. The molecule has 0 aliphatic heterocycles. The Morgan fingerprint density at radius 3 is 2.62 bits per heavy atom. The van der Waals surface area contributed by atoms with Crippen molar-refractivity contribution in [3.63, 3.8) is 0 Å². The summed E-state index contributed by atoms with van der Waals surface area (Å²) in [5.41, 5.74) is 5.93. The monoisotopic (exact) mass is 475 g/mol. The van der Waals surface area contributed by atoms with Gasteiger partial charge >= 0.3 is 6.09 Å². The number of carbonyl (C=O) groups excluding carboxylic acids is 1. The van der Waals surface area contributed by atoms with Gasteiger partial charge in [0.2, 0.25) is 0 Å². The maximum absolute atomic E-state index is 11.5. The number of ether oxygens (including phenoxy) is 3. The minimum Gasteiger partial charge on any atom is -0.446 e. The maximum atomic E-state index is 11.5. The first-order valence-corrected chi connectivity index (χ1v) is 10.3. The first kappa shape index (κ1) is 21.4. The predicted octanol–water partition coefficient (Wildman–Crippen LogP) is 4.81. The second-order valence-corrected chi connectivity index (χ2v) is 8.55. The van der Waals surface area contributed by atoms with Gasteiger partial charge in [0.25, 0.3) is 0 Å². The second-order valence-electron chi connectivity index (χ2n) is 7.38. The van der Waals surface area contributed by atoms with E-state index in [-0.39, 0.29) is 18.8 Å². The van der Waals surface area contributed by atoms with Crippen LogP contribution < -0.4 is 5.73 Å². The molecule has 1 aromatic carbocycles. The van der Waals surface area contributed by atoms with E-state index in [4.69, 9.17) is 19.9 Å². The molecular formula is C20H30INO4. The van der Waals surface area contributed by atoms with E-state index in [0.717, 1.165) is 41.2 Å². The Kier molecular flexibility index (Phi) is 8.16. The first-order chi connectivity index (χ1) is 12.4. The fourth-order valence-electron chi connectivity index (χ4n) is 4.20. The number of benzene rings is 1. The molecule has 6 heteroatoms. The van der Waals surface area contributed by atoms with Crippen LogP contribution in [0.25, 0.3) is 0 Å². The highest BCUT2D eigenvalue weighted by Crippen LogP contribution is 2.48. The highest BCUT2D eigenvalue weighted by Gasteiger charge is 2.48. The molecule has 1 aliphatic carbocycles. The van der Waals surface area contributed by atoms with Crippen molar-refractivity contribution in [1.29, 1.82) is 0 Å². The van der Waals surface area contributed by atoms with Gasteiger partial charge in [0.15, 0.2) is 0 Å². The molecule has 0 radical (unpaired) electrons. The van der Waals surface area contributed by atoms with E-state index >= 15 is 0 Å². The molecule has 146 valence electrons. The van der Waals surface area contributed by atoms with Crippen LogP contribution in [0.1, 0.15) is 51.5 Å². The summed E-state index contributed by atoms with van der Waals surface area (Å²) in [4.78, 5) is 11.5. The van der Waals surface area contributed by atoms with E-state index in [1.165, 1.54) is 0 Å². The summed E-state index contributed by atoms with van der Waals surface area (Å²) in [6.07, 6.45) is 3.72. The van der Waals surface area contributed by atoms with Crippen LogP contribution in [0.4, 0.5) is 4.79 Å². The average Bonchev–Trinajstić information content (AvgIpc) is 2.59. The van der Waals surface area contributed by atoms with Gasteiger partial charge in [0.05, 0.1) is 0 Å². The van der Waals surface area contributed by atoms with Crippen molar-refractivity contribution in [2.75, 3.05) is 13.9 Å². The van der Waals surface area contributed by atoms with Gasteiger partial charge < -0.3 is 19.9 Å². The van der Waals surface area contributed by atoms with Crippen LogP contribution >= 0.6 is 22.6 Å². The number of rotatable bonds is 8. The van der Waals surface area contributed by atoms with Crippen molar-refractivity contribution in [2.45, 2.75) is 57.7 Å². The minimum atomic E-state index is -0.713. The lowest BCUT2D eigenvalue weighted by atomic mass is 9.68. The van der Waals surface area contributed by atoms with Crippen molar-refractivity contribution >= 4 is 28.7 Å². The Morgan fingerprint density at radius 2 is 2.00 bits per heavy atom. The SMILES string of the molecule is COCOC(CC(C)C)(c1ccccc1I)[C@H]1CCCC[C@@H]1OC(N)=O. The van der Waals surface area contributed by atoms with Crippen LogP contribution in [0.2, 0.25) is 0 Å². The normalized spacial score (nSPS) is 22.8. The summed E-state index contributed by atoms with van der Waals surface area (Å²) < 4.78 is 18.4. The molecule has 0 aromatic heterocycles. The summed E-state index contributed by atoms with van der Waals surface area (Å²) in [6, 6.07) is 8.28. The molecule has 5 nitrogen and oxygen atoms in total. The quantitative estimate of drug-likeness (QED) is 0.433. The number of nitrogens with two attached hydrogens (primary N) is 1. The lowest BCUT2D eigenvalue weighted by Gasteiger charge is -2.47. The average molecular weight is 475 g/mol. The molecule has 2 N–H and O–H groups in total. The number of hydrogen-bond donors (Lipinski definition) is 1. The Morgan fingerprint density at radius 1 is 1.31 bits per heavy atom. The maximum Gasteiger partial charge on any atom is 0.404 e. The summed E-state index contributed by atoms with van der Waals surface area (Å²) >= 11 is 2.36. The molecule has 0 saturated heterocycles. The molecule has 0 heterocycles. The smallest absolute Gasteiger partial charge is 0.404 e. The largest absolute Gasteiger partial charge is 0.446 e. The predicted molar refractivity (Wildman–Crippen MR) is 110 cm³/mol. The zero-order valence-electron chi connectivity index (χ0n) is 15.9. The molecule has 1 saturated carbocycles. The summed E-state index contributed by atoms with van der Waals surface area (Å²) in [7, 11) is 1.63. The van der Waals surface area contributed by atoms with Crippen molar-refractivity contribution in [3.8, 4) is 0 Å². The van der Waals surface area contributed by atoms with Crippen LogP contribution in [0.15, 0.2) is 24.3 Å². The van der Waals surface area contributed by atoms with E-state index in [9.17, 15) is 4.79 Å². The number of primary amides is 1. The standard InChI is InChI=1S/C20H30INO4/c1-14(2)12-20(25-13-24-3,15-8-4-6-10-17(15)21)16-9-5-7-11-18(16)26-19(22)23/h4,6,8,10,14,16,18H,5,7,9,11-13H2,1-3H3,(H2,22,23)/t16-,18-,20?/m0/s1. The molecule has 26 heavy (non-hydrogen) atoms. The number of hydrogen-bond acceptors (Lipinski definition) is 4. The second kappa shape index (κ2) is 9.90. The molecule has 2 rings (SSSR count). The molecule has 0 spiro atoms. The van der Waals surface area contributed by atoms with Gasteiger partial charge in [-0.1, -0.05) is 38.5 Å². The topological polar surface area (TPSA) is 70.8 Å². The highest BCUT2D eigenvalue weighted by molar-refractivity contribution is 14.1. The lowest BCUT2D eigenvalue weighted by Crippen LogP contribution is -2.49. The summed E-state index contributed by atoms with van der Waals surface area (Å²) in [6.45, 7) is 4.57. The van der Waals surface area contributed by atoms with Gasteiger partial charge in [-0.05, 0) is 65.8 Å². The van der Waals surface area contributed by atoms with E-state index < -0.39 is 11.7 Å². The van der Waals surface area contributed by atoms with Crippen LogP contribution in [0.5, 0.6) is 0 Å². The molecule has 1 aliphatic rings. The lowest BCUT2D eigenvalue weighted by molar-refractivity contribution is -0.194. The zero-order chi connectivity index (χ0) is 19.2. The molecule has 3 atom stereocenters. The molecule has 0 bridgehead atoms. The van der Waals surface area contributed by atoms with E-state index in [1.54, 1.807) is 7.11 Å². The highest BCUT2D eigenvalue weighted by atomic mass is 127. The van der Waals surface area contributed by atoms with Gasteiger partial charge in [0.1, 0.15) is 18.5 Å². The van der Waals surface area contributed by atoms with Crippen molar-refractivity contribution in [3.05, 3.63) is 33.4 Å². The van der Waals surface area contributed by atoms with E-state index in [1.807, 2.05) is 12.1 Å². The van der Waals surface area contributed by atoms with Crippen LogP contribution in [0, 0.1) is 15.4 Å². The van der Waals surface area contributed by atoms with Crippen LogP contribution in [-0.2, 0) is 19.8 Å². The first-order valence-electron chi connectivity index (χ1n) is 9.24. The van der Waals surface area contributed by atoms with Crippen LogP contribution in [-0.4, -0.2) is 26.1 Å².